The molecule has 1 rings (SSSR count). The lowest BCUT2D eigenvalue weighted by molar-refractivity contribution is 1.47. The Kier molecular flexibility index (Phi) is 3.11. The molecule has 0 saturated carbocycles. The minimum Gasteiger partial charge on any atom is -0.398 e. The van der Waals surface area contributed by atoms with Crippen LogP contribution >= 0.6 is 22.6 Å². The van der Waals surface area contributed by atoms with E-state index in [1.807, 2.05) is 30.3 Å². The van der Waals surface area contributed by atoms with Crippen LogP contribution in [0, 0.1) is 14.9 Å². The van der Waals surface area contributed by atoms with Crippen LogP contribution in [-0.4, -0.2) is 0 Å². The highest BCUT2D eigenvalue weighted by Crippen LogP contribution is 2.16. The lowest BCUT2D eigenvalue weighted by Gasteiger charge is -2.01. The molecule has 0 unspecified atom stereocenters. The molecule has 0 heterocycles. The number of hydrogen-bond acceptors (Lipinski definition) is 2. The van der Waals surface area contributed by atoms with E-state index in [-0.39, 0.29) is 0 Å². The summed E-state index contributed by atoms with van der Waals surface area (Å²) in [6.45, 7) is 0. The lowest BCUT2D eigenvalue weighted by Crippen LogP contribution is -1.97. The minimum absolute atomic E-state index is 0.516. The Morgan fingerprint density at radius 2 is 2.17 bits per heavy atom. The molecule has 1 aromatic carbocycles. The second-order valence-electron chi connectivity index (χ2n) is 2.21. The molecule has 0 atom stereocenters. The Labute approximate surface area is 84.8 Å². The third-order valence-electron chi connectivity index (χ3n) is 1.40. The van der Waals surface area contributed by atoms with Crippen molar-refractivity contribution in [3.63, 3.8) is 0 Å². The number of allylic oxidation sites excluding steroid dienone is 1. The number of rotatable bonds is 1. The lowest BCUT2D eigenvalue weighted by atomic mass is 10.1. The Morgan fingerprint density at radius 3 is 2.75 bits per heavy atom. The molecule has 0 saturated heterocycles. The van der Waals surface area contributed by atoms with Gasteiger partial charge in [-0.05, 0) is 28.7 Å². The summed E-state index contributed by atoms with van der Waals surface area (Å²) in [5, 5.41) is 8.38. The summed E-state index contributed by atoms with van der Waals surface area (Å²) in [5.74, 6) is 0. The molecule has 0 aliphatic rings. The van der Waals surface area contributed by atoms with E-state index in [1.54, 1.807) is 0 Å². The molecular formula is C9H7IN2. The zero-order valence-electron chi connectivity index (χ0n) is 6.29. The fraction of sp³-hybridized carbons (Fsp3) is 0. The summed E-state index contributed by atoms with van der Waals surface area (Å²) in [4.78, 5) is 0. The van der Waals surface area contributed by atoms with Crippen LogP contribution in [0.5, 0.6) is 0 Å². The van der Waals surface area contributed by atoms with Crippen molar-refractivity contribution in [2.24, 2.45) is 5.73 Å². The SMILES string of the molecule is N#C/C=C(/N)c1ccccc1I. The van der Waals surface area contributed by atoms with Gasteiger partial charge in [-0.25, -0.2) is 0 Å². The summed E-state index contributed by atoms with van der Waals surface area (Å²) < 4.78 is 1.05. The van der Waals surface area contributed by atoms with Crippen molar-refractivity contribution in [3.8, 4) is 6.07 Å². The predicted octanol–water partition coefficient (Wildman–Crippen LogP) is 2.11. The van der Waals surface area contributed by atoms with Gasteiger partial charge in [-0.2, -0.15) is 5.26 Å². The molecule has 0 bridgehead atoms. The highest BCUT2D eigenvalue weighted by molar-refractivity contribution is 14.1. The number of nitrogens with zero attached hydrogens (tertiary/aromatic N) is 1. The van der Waals surface area contributed by atoms with Crippen molar-refractivity contribution in [2.75, 3.05) is 0 Å². The van der Waals surface area contributed by atoms with Gasteiger partial charge < -0.3 is 5.73 Å². The smallest absolute Gasteiger partial charge is 0.0933 e. The van der Waals surface area contributed by atoms with E-state index in [1.165, 1.54) is 6.08 Å². The van der Waals surface area contributed by atoms with E-state index in [9.17, 15) is 0 Å². The molecule has 60 valence electrons. The van der Waals surface area contributed by atoms with Gasteiger partial charge in [-0.1, -0.05) is 18.2 Å². The molecule has 0 radical (unpaired) electrons. The van der Waals surface area contributed by atoms with Crippen LogP contribution < -0.4 is 5.73 Å². The highest BCUT2D eigenvalue weighted by atomic mass is 127. The van der Waals surface area contributed by atoms with Gasteiger partial charge in [-0.15, -0.1) is 0 Å². The van der Waals surface area contributed by atoms with Crippen molar-refractivity contribution in [1.29, 1.82) is 5.26 Å². The summed E-state index contributed by atoms with van der Waals surface area (Å²) in [6.07, 6.45) is 1.34. The normalized spacial score (nSPS) is 10.8. The van der Waals surface area contributed by atoms with Crippen molar-refractivity contribution in [1.82, 2.24) is 0 Å². The Bertz CT molecular complexity index is 350. The molecule has 0 fully saturated rings. The van der Waals surface area contributed by atoms with Gasteiger partial charge in [-0.3, -0.25) is 0 Å². The quantitative estimate of drug-likeness (QED) is 0.627. The molecule has 0 spiro atoms. The van der Waals surface area contributed by atoms with Gasteiger partial charge >= 0.3 is 0 Å². The van der Waals surface area contributed by atoms with Crippen molar-refractivity contribution in [2.45, 2.75) is 0 Å². The predicted molar refractivity (Wildman–Crippen MR) is 56.9 cm³/mol. The van der Waals surface area contributed by atoms with Crippen LogP contribution in [0.4, 0.5) is 0 Å². The van der Waals surface area contributed by atoms with Crippen molar-refractivity contribution < 1.29 is 0 Å². The van der Waals surface area contributed by atoms with Crippen LogP contribution in [0.2, 0.25) is 0 Å². The second-order valence-corrected chi connectivity index (χ2v) is 3.37. The van der Waals surface area contributed by atoms with Crippen LogP contribution in [0.15, 0.2) is 30.3 Å². The topological polar surface area (TPSA) is 49.8 Å². The molecule has 0 aromatic heterocycles. The summed E-state index contributed by atoms with van der Waals surface area (Å²) in [7, 11) is 0. The molecule has 2 N–H and O–H groups in total. The zero-order valence-corrected chi connectivity index (χ0v) is 8.45. The molecule has 0 aliphatic carbocycles. The van der Waals surface area contributed by atoms with Crippen molar-refractivity contribution >= 4 is 28.3 Å². The van der Waals surface area contributed by atoms with Gasteiger partial charge in [0.25, 0.3) is 0 Å². The fourth-order valence-corrected chi connectivity index (χ4v) is 1.54. The third-order valence-corrected chi connectivity index (χ3v) is 2.35. The average molecular weight is 270 g/mol. The van der Waals surface area contributed by atoms with Gasteiger partial charge in [0.1, 0.15) is 0 Å². The Morgan fingerprint density at radius 1 is 1.50 bits per heavy atom. The number of benzene rings is 1. The largest absolute Gasteiger partial charge is 0.398 e. The molecule has 12 heavy (non-hydrogen) atoms. The van der Waals surface area contributed by atoms with E-state index in [0.29, 0.717) is 5.70 Å². The van der Waals surface area contributed by atoms with Gasteiger partial charge in [0, 0.05) is 15.2 Å². The van der Waals surface area contributed by atoms with Crippen LogP contribution in [0.25, 0.3) is 5.70 Å². The Balaban J connectivity index is 3.13. The van der Waals surface area contributed by atoms with E-state index >= 15 is 0 Å². The van der Waals surface area contributed by atoms with Crippen LogP contribution in [0.1, 0.15) is 5.56 Å². The molecule has 3 heteroatoms. The first-order valence-corrected chi connectivity index (χ1v) is 4.43. The number of halogens is 1. The maximum Gasteiger partial charge on any atom is 0.0933 e. The maximum absolute atomic E-state index is 8.38. The van der Waals surface area contributed by atoms with Crippen LogP contribution in [0.3, 0.4) is 0 Å². The van der Waals surface area contributed by atoms with E-state index < -0.39 is 0 Å². The number of nitrogens with two attached hydrogens (primary N) is 1. The average Bonchev–Trinajstić information content (AvgIpc) is 2.05. The molecule has 0 aliphatic heterocycles. The summed E-state index contributed by atoms with van der Waals surface area (Å²) in [6, 6.07) is 9.58. The van der Waals surface area contributed by atoms with E-state index in [4.69, 9.17) is 11.0 Å². The first kappa shape index (κ1) is 9.07. The minimum atomic E-state index is 0.516. The third kappa shape index (κ3) is 1.98. The number of hydrogen-bond donors (Lipinski definition) is 1. The number of nitriles is 1. The monoisotopic (exact) mass is 270 g/mol. The highest BCUT2D eigenvalue weighted by Gasteiger charge is 1.99. The molecular weight excluding hydrogens is 263 g/mol. The standard InChI is InChI=1S/C9H7IN2/c10-8-4-2-1-3-7(8)9(12)5-6-11/h1-5H,12H2/b9-5+. The maximum atomic E-state index is 8.38. The van der Waals surface area contributed by atoms with E-state index in [0.717, 1.165) is 9.13 Å². The van der Waals surface area contributed by atoms with Gasteiger partial charge in [0.2, 0.25) is 0 Å². The molecule has 2 nitrogen and oxygen atoms in total. The summed E-state index contributed by atoms with van der Waals surface area (Å²) >= 11 is 2.19. The summed E-state index contributed by atoms with van der Waals surface area (Å²) in [5.41, 5.74) is 7.07. The second kappa shape index (κ2) is 4.12. The van der Waals surface area contributed by atoms with Crippen LogP contribution in [-0.2, 0) is 0 Å². The van der Waals surface area contributed by atoms with Crippen molar-refractivity contribution in [3.05, 3.63) is 39.5 Å². The fourth-order valence-electron chi connectivity index (χ4n) is 0.843. The first-order valence-electron chi connectivity index (χ1n) is 3.36. The molecule has 0 amide bonds. The first-order chi connectivity index (χ1) is 5.75. The zero-order chi connectivity index (χ0) is 8.97. The van der Waals surface area contributed by atoms with Gasteiger partial charge in [0.15, 0.2) is 0 Å². The van der Waals surface area contributed by atoms with E-state index in [2.05, 4.69) is 22.6 Å². The van der Waals surface area contributed by atoms with Gasteiger partial charge in [0.05, 0.1) is 11.8 Å². The molecule has 1 aromatic rings. The Hall–Kier alpha value is -1.02.